The van der Waals surface area contributed by atoms with Crippen molar-refractivity contribution >= 4 is 11.8 Å². The molecule has 5 rings (SSSR count). The highest BCUT2D eigenvalue weighted by molar-refractivity contribution is 5.95. The topological polar surface area (TPSA) is 88.2 Å². The Balaban J connectivity index is 1.64. The number of ketones is 1. The Hall–Kier alpha value is -2.13. The Morgan fingerprint density at radius 1 is 1.08 bits per heavy atom. The summed E-state index contributed by atoms with van der Waals surface area (Å²) < 4.78 is 5.24. The zero-order valence-corrected chi connectivity index (χ0v) is 23.5. The van der Waals surface area contributed by atoms with Gasteiger partial charge < -0.3 is 14.9 Å². The van der Waals surface area contributed by atoms with E-state index in [1.165, 1.54) is 7.11 Å². The average molecular weight is 510 g/mol. The molecule has 0 bridgehead atoms. The molecule has 5 aliphatic carbocycles. The molecular formula is C31H43NO5. The fourth-order valence-corrected chi connectivity index (χ4v) is 10.3. The van der Waals surface area contributed by atoms with Gasteiger partial charge >= 0.3 is 5.97 Å². The fraction of sp³-hybridized carbons (Fsp3) is 0.774. The van der Waals surface area contributed by atoms with E-state index in [4.69, 9.17) is 11.3 Å². The number of esters is 1. The number of carbonyl (C=O) groups excluding carboxylic acids is 2. The predicted octanol–water partition coefficient (Wildman–Crippen LogP) is 6.02. The van der Waals surface area contributed by atoms with Crippen LogP contribution >= 0.6 is 0 Å². The zero-order valence-electron chi connectivity index (χ0n) is 23.5. The molecule has 0 radical (unpaired) electrons. The highest BCUT2D eigenvalue weighted by atomic mass is 16.5. The Bertz CT molecular complexity index is 1160. The summed E-state index contributed by atoms with van der Waals surface area (Å²) >= 11 is 0. The number of aliphatic hydroxyl groups is 2. The molecule has 3 fully saturated rings. The maximum Gasteiger partial charge on any atom is 0.308 e. The van der Waals surface area contributed by atoms with Crippen molar-refractivity contribution in [3.8, 4) is 0 Å². The van der Waals surface area contributed by atoms with Gasteiger partial charge in [-0.25, -0.2) is 4.85 Å². The number of nitrogens with zero attached hydrogens (tertiary/aromatic N) is 1. The van der Waals surface area contributed by atoms with Gasteiger partial charge in [0.25, 0.3) is 0 Å². The van der Waals surface area contributed by atoms with E-state index in [1.807, 2.05) is 6.08 Å². The lowest BCUT2D eigenvalue weighted by Crippen LogP contribution is -2.64. The maximum absolute atomic E-state index is 14.3. The van der Waals surface area contributed by atoms with Crippen LogP contribution < -0.4 is 0 Å². The van der Waals surface area contributed by atoms with E-state index in [9.17, 15) is 19.8 Å². The summed E-state index contributed by atoms with van der Waals surface area (Å²) in [4.78, 5) is 30.7. The van der Waals surface area contributed by atoms with Gasteiger partial charge in [0.05, 0.1) is 19.6 Å². The molecular weight excluding hydrogens is 466 g/mol. The molecule has 0 heterocycles. The summed E-state index contributed by atoms with van der Waals surface area (Å²) in [6.07, 6.45) is 7.21. The van der Waals surface area contributed by atoms with E-state index in [0.29, 0.717) is 12.8 Å². The summed E-state index contributed by atoms with van der Waals surface area (Å²) in [5, 5.41) is 22.2. The van der Waals surface area contributed by atoms with Crippen molar-refractivity contribution in [2.45, 2.75) is 92.1 Å². The van der Waals surface area contributed by atoms with Gasteiger partial charge in [0.1, 0.15) is 11.4 Å². The summed E-state index contributed by atoms with van der Waals surface area (Å²) in [5.74, 6) is -0.562. The molecule has 0 amide bonds. The maximum atomic E-state index is 14.3. The second kappa shape index (κ2) is 7.94. The number of ether oxygens (including phenoxy) is 1. The van der Waals surface area contributed by atoms with Crippen LogP contribution in [0.2, 0.25) is 0 Å². The number of rotatable bonds is 1. The number of aliphatic hydroxyl groups excluding tert-OH is 1. The molecule has 0 aliphatic heterocycles. The normalized spacial score (nSPS) is 48.5. The van der Waals surface area contributed by atoms with Crippen molar-refractivity contribution < 1.29 is 24.5 Å². The van der Waals surface area contributed by atoms with Gasteiger partial charge in [-0.1, -0.05) is 40.2 Å². The predicted molar refractivity (Wildman–Crippen MR) is 140 cm³/mol. The minimum atomic E-state index is -1.51. The zero-order chi connectivity index (χ0) is 27.3. The summed E-state index contributed by atoms with van der Waals surface area (Å²) in [7, 11) is 1.47. The van der Waals surface area contributed by atoms with Crippen LogP contribution in [-0.2, 0) is 14.3 Å². The average Bonchev–Trinajstić information content (AvgIpc) is 2.81. The highest BCUT2D eigenvalue weighted by Crippen LogP contribution is 2.73. The lowest BCUT2D eigenvalue weighted by atomic mass is 9.35. The van der Waals surface area contributed by atoms with E-state index in [-0.39, 0.29) is 69.0 Å². The molecule has 5 aliphatic rings. The SMILES string of the molecule is [C-]#[N+]C1=C(O)[C@@](C)(O)[C@@H]2CC[C@]3(C)C(=CC(=O)[C@@H]4[C@@H]5CC(C)(C)C[C@@H](C(=O)OC)C5CC[C@]43C)[C@@]2(C)C1. The number of carbonyl (C=O) groups is 2. The standard InChI is InChI=1S/C31H43NO5/c1-27(2)14-18-17(19(15-27)26(35)37-8)9-11-30(5)24(18)21(33)13-23-28(3)16-20(32-7)25(34)31(6,36)22(28)10-12-29(23,30)4/h13,17-19,22,24,34,36H,9-12,14-16H2,1-6,8H3/t17?,18-,19-,22-,24+,28+,29-,30-,31+/m1/s1. The Kier molecular flexibility index (Phi) is 5.68. The first-order valence-corrected chi connectivity index (χ1v) is 13.9. The minimum absolute atomic E-state index is 0.0536. The Labute approximate surface area is 221 Å². The number of fused-ring (bicyclic) bond motifs is 7. The van der Waals surface area contributed by atoms with Crippen LogP contribution in [0.25, 0.3) is 4.85 Å². The molecule has 3 saturated carbocycles. The van der Waals surface area contributed by atoms with Crippen molar-refractivity contribution in [3.63, 3.8) is 0 Å². The molecule has 0 aromatic heterocycles. The number of methoxy groups -OCH3 is 1. The van der Waals surface area contributed by atoms with E-state index in [1.54, 1.807) is 6.92 Å². The van der Waals surface area contributed by atoms with Crippen LogP contribution in [-0.4, -0.2) is 34.7 Å². The minimum Gasteiger partial charge on any atom is -0.521 e. The van der Waals surface area contributed by atoms with Gasteiger partial charge in [-0.15, -0.1) is 0 Å². The van der Waals surface area contributed by atoms with Gasteiger partial charge in [-0.05, 0) is 91.4 Å². The summed E-state index contributed by atoms with van der Waals surface area (Å²) in [6.45, 7) is 20.4. The van der Waals surface area contributed by atoms with Crippen LogP contribution in [0.3, 0.4) is 0 Å². The number of hydrogen-bond acceptors (Lipinski definition) is 5. The van der Waals surface area contributed by atoms with Gasteiger partial charge in [-0.3, -0.25) is 9.59 Å². The van der Waals surface area contributed by atoms with Crippen molar-refractivity contribution in [1.29, 1.82) is 0 Å². The van der Waals surface area contributed by atoms with Crippen LogP contribution in [0, 0.1) is 57.8 Å². The third-order valence-corrected chi connectivity index (χ3v) is 12.1. The molecule has 37 heavy (non-hydrogen) atoms. The molecule has 6 heteroatoms. The fourth-order valence-electron chi connectivity index (χ4n) is 10.3. The third-order valence-electron chi connectivity index (χ3n) is 12.1. The second-order valence-electron chi connectivity index (χ2n) is 14.5. The molecule has 2 N–H and O–H groups in total. The first kappa shape index (κ1) is 26.5. The molecule has 202 valence electrons. The quantitative estimate of drug-likeness (QED) is 0.333. The molecule has 0 saturated heterocycles. The number of allylic oxidation sites excluding steroid dienone is 3. The van der Waals surface area contributed by atoms with Crippen molar-refractivity contribution in [2.24, 2.45) is 51.2 Å². The lowest BCUT2D eigenvalue weighted by molar-refractivity contribution is -0.175. The molecule has 6 nitrogen and oxygen atoms in total. The third kappa shape index (κ3) is 3.32. The molecule has 0 spiro atoms. The van der Waals surface area contributed by atoms with Crippen LogP contribution in [0.4, 0.5) is 0 Å². The molecule has 1 unspecified atom stereocenters. The number of hydrogen-bond donors (Lipinski definition) is 2. The van der Waals surface area contributed by atoms with Gasteiger partial charge in [-0.2, -0.15) is 0 Å². The van der Waals surface area contributed by atoms with Gasteiger partial charge in [0, 0.05) is 11.8 Å². The lowest BCUT2D eigenvalue weighted by Gasteiger charge is -2.68. The van der Waals surface area contributed by atoms with Crippen molar-refractivity contribution in [2.75, 3.05) is 7.11 Å². The smallest absolute Gasteiger partial charge is 0.308 e. The van der Waals surface area contributed by atoms with E-state index in [0.717, 1.165) is 37.7 Å². The van der Waals surface area contributed by atoms with Crippen LogP contribution in [0.1, 0.15) is 86.5 Å². The molecule has 9 atom stereocenters. The van der Waals surface area contributed by atoms with Crippen molar-refractivity contribution in [3.05, 3.63) is 34.5 Å². The van der Waals surface area contributed by atoms with E-state index < -0.39 is 11.0 Å². The van der Waals surface area contributed by atoms with Crippen LogP contribution in [0.15, 0.2) is 23.1 Å². The first-order valence-electron chi connectivity index (χ1n) is 13.9. The van der Waals surface area contributed by atoms with E-state index >= 15 is 0 Å². The monoisotopic (exact) mass is 509 g/mol. The largest absolute Gasteiger partial charge is 0.521 e. The first-order chi connectivity index (χ1) is 17.1. The van der Waals surface area contributed by atoms with Gasteiger partial charge in [0.2, 0.25) is 5.70 Å². The Morgan fingerprint density at radius 2 is 1.76 bits per heavy atom. The van der Waals surface area contributed by atoms with Crippen molar-refractivity contribution in [1.82, 2.24) is 0 Å². The van der Waals surface area contributed by atoms with Gasteiger partial charge in [0.15, 0.2) is 5.78 Å². The highest BCUT2D eigenvalue weighted by Gasteiger charge is 2.69. The van der Waals surface area contributed by atoms with Crippen LogP contribution in [0.5, 0.6) is 0 Å². The van der Waals surface area contributed by atoms with E-state index in [2.05, 4.69) is 39.5 Å². The molecule has 0 aromatic rings. The summed E-state index contributed by atoms with van der Waals surface area (Å²) in [6, 6.07) is 0. The summed E-state index contributed by atoms with van der Waals surface area (Å²) in [5.41, 5.74) is -1.47. The Morgan fingerprint density at radius 3 is 2.38 bits per heavy atom. The second-order valence-corrected chi connectivity index (χ2v) is 14.5. The molecule has 0 aromatic carbocycles.